The normalized spacial score (nSPS) is 14.5. The minimum atomic E-state index is -3.66. The van der Waals surface area contributed by atoms with Crippen LogP contribution in [0.2, 0.25) is 0 Å². The minimum Gasteiger partial charge on any atom is -0.467 e. The van der Waals surface area contributed by atoms with Gasteiger partial charge in [-0.25, -0.2) is 13.4 Å². The molecule has 4 rings (SSSR count). The minimum absolute atomic E-state index is 0.118. The van der Waals surface area contributed by atoms with Crippen molar-refractivity contribution in [2.75, 3.05) is 25.0 Å². The number of hydrogen-bond acceptors (Lipinski definition) is 6. The maximum absolute atomic E-state index is 13.1. The van der Waals surface area contributed by atoms with Gasteiger partial charge in [-0.3, -0.25) is 4.79 Å². The van der Waals surface area contributed by atoms with Crippen LogP contribution in [-0.4, -0.2) is 47.8 Å². The first kappa shape index (κ1) is 22.1. The third kappa shape index (κ3) is 5.38. The second kappa shape index (κ2) is 10.0. The van der Waals surface area contributed by atoms with Crippen molar-refractivity contribution in [3.8, 4) is 0 Å². The Morgan fingerprint density at radius 2 is 2.03 bits per heavy atom. The number of furan rings is 1. The number of benzene rings is 1. The summed E-state index contributed by atoms with van der Waals surface area (Å²) in [6, 6.07) is 8.31. The largest absolute Gasteiger partial charge is 0.467 e. The fourth-order valence-corrected chi connectivity index (χ4v) is 5.23. The second-order valence-electron chi connectivity index (χ2n) is 7.70. The van der Waals surface area contributed by atoms with Gasteiger partial charge in [0.2, 0.25) is 10.0 Å². The number of carbonyl (C=O) groups is 1. The van der Waals surface area contributed by atoms with E-state index in [1.165, 1.54) is 10.4 Å². The molecule has 170 valence electrons. The molecule has 2 N–H and O–H groups in total. The van der Waals surface area contributed by atoms with E-state index in [1.807, 2.05) is 16.8 Å². The number of imidazole rings is 1. The van der Waals surface area contributed by atoms with E-state index in [-0.39, 0.29) is 10.8 Å². The van der Waals surface area contributed by atoms with E-state index >= 15 is 0 Å². The number of nitrogens with one attached hydrogen (secondary N) is 2. The molecule has 32 heavy (non-hydrogen) atoms. The van der Waals surface area contributed by atoms with Crippen LogP contribution in [0.4, 0.5) is 5.69 Å². The number of aryl methyl sites for hydroxylation is 1. The lowest BCUT2D eigenvalue weighted by Crippen LogP contribution is -2.29. The molecule has 3 aromatic rings. The molecule has 1 aliphatic heterocycles. The summed E-state index contributed by atoms with van der Waals surface area (Å²) in [5, 5.41) is 6.04. The molecule has 0 aliphatic carbocycles. The average molecular weight is 458 g/mol. The highest BCUT2D eigenvalue weighted by atomic mass is 32.2. The summed E-state index contributed by atoms with van der Waals surface area (Å²) >= 11 is 0. The van der Waals surface area contributed by atoms with Crippen LogP contribution in [0.1, 0.15) is 35.4 Å². The van der Waals surface area contributed by atoms with Crippen LogP contribution < -0.4 is 10.6 Å². The van der Waals surface area contributed by atoms with E-state index in [0.29, 0.717) is 43.2 Å². The van der Waals surface area contributed by atoms with Gasteiger partial charge in [0.15, 0.2) is 0 Å². The number of carbonyl (C=O) groups excluding carboxylic acids is 1. The lowest BCUT2D eigenvalue weighted by atomic mass is 10.2. The molecule has 0 unspecified atom stereocenters. The van der Waals surface area contributed by atoms with Gasteiger partial charge >= 0.3 is 0 Å². The topological polar surface area (TPSA) is 109 Å². The molecule has 1 aliphatic rings. The van der Waals surface area contributed by atoms with Crippen molar-refractivity contribution >= 4 is 21.6 Å². The predicted octanol–water partition coefficient (Wildman–Crippen LogP) is 2.69. The van der Waals surface area contributed by atoms with Gasteiger partial charge in [0.05, 0.1) is 24.0 Å². The molecule has 3 heterocycles. The van der Waals surface area contributed by atoms with Crippen LogP contribution in [0.15, 0.2) is 64.6 Å². The van der Waals surface area contributed by atoms with Crippen LogP contribution in [0, 0.1) is 0 Å². The molecule has 0 bridgehead atoms. The highest BCUT2D eigenvalue weighted by Crippen LogP contribution is 2.25. The smallest absolute Gasteiger partial charge is 0.251 e. The van der Waals surface area contributed by atoms with Crippen molar-refractivity contribution in [1.29, 1.82) is 0 Å². The number of anilines is 1. The van der Waals surface area contributed by atoms with Crippen LogP contribution in [0.3, 0.4) is 0 Å². The number of nitrogens with zero attached hydrogens (tertiary/aromatic N) is 3. The summed E-state index contributed by atoms with van der Waals surface area (Å²) < 4.78 is 35.0. The predicted molar refractivity (Wildman–Crippen MR) is 120 cm³/mol. The molecule has 2 aromatic heterocycles. The molecular formula is C22H27N5O4S. The van der Waals surface area contributed by atoms with Crippen LogP contribution >= 0.6 is 0 Å². The summed E-state index contributed by atoms with van der Waals surface area (Å²) in [5.41, 5.74) is 0.847. The monoisotopic (exact) mass is 457 g/mol. The van der Waals surface area contributed by atoms with Crippen molar-refractivity contribution in [2.45, 2.75) is 37.2 Å². The first-order valence-corrected chi connectivity index (χ1v) is 12.1. The van der Waals surface area contributed by atoms with E-state index in [4.69, 9.17) is 4.42 Å². The number of rotatable bonds is 10. The van der Waals surface area contributed by atoms with E-state index in [0.717, 1.165) is 25.8 Å². The third-order valence-electron chi connectivity index (χ3n) is 5.36. The maximum Gasteiger partial charge on any atom is 0.251 e. The summed E-state index contributed by atoms with van der Waals surface area (Å²) in [7, 11) is -3.66. The summed E-state index contributed by atoms with van der Waals surface area (Å²) in [6.45, 7) is 2.59. The molecule has 1 saturated heterocycles. The Hall–Kier alpha value is -3.11. The van der Waals surface area contributed by atoms with Gasteiger partial charge in [0.25, 0.3) is 5.91 Å². The van der Waals surface area contributed by atoms with E-state index in [2.05, 4.69) is 15.6 Å². The summed E-state index contributed by atoms with van der Waals surface area (Å²) in [6.07, 6.45) is 9.31. The first-order chi connectivity index (χ1) is 15.5. The van der Waals surface area contributed by atoms with Crippen LogP contribution in [-0.2, 0) is 23.1 Å². The second-order valence-corrected chi connectivity index (χ2v) is 9.64. The molecule has 9 nitrogen and oxygen atoms in total. The summed E-state index contributed by atoms with van der Waals surface area (Å²) in [5.74, 6) is 0.401. The highest BCUT2D eigenvalue weighted by Gasteiger charge is 2.28. The molecular weight excluding hydrogens is 430 g/mol. The average Bonchev–Trinajstić information content (AvgIpc) is 3.58. The number of hydrogen-bond donors (Lipinski definition) is 2. The Balaban J connectivity index is 1.49. The standard InChI is InChI=1S/C22H27N5O4S/c28-22(24-6-4-8-26-11-7-23-17-26)18-13-19(25-16-20-5-3-12-31-20)15-21(14-18)32(29,30)27-9-1-2-10-27/h3,5,7,11-15,17,25H,1-2,4,6,8-10,16H2,(H,24,28). The fraction of sp³-hybridized carbons (Fsp3) is 0.364. The molecule has 0 atom stereocenters. The first-order valence-electron chi connectivity index (χ1n) is 10.7. The van der Waals surface area contributed by atoms with Gasteiger partial charge in [0, 0.05) is 49.8 Å². The zero-order valence-corrected chi connectivity index (χ0v) is 18.6. The van der Waals surface area contributed by atoms with Gasteiger partial charge in [0.1, 0.15) is 5.76 Å². The van der Waals surface area contributed by atoms with Gasteiger partial charge in [-0.15, -0.1) is 0 Å². The maximum atomic E-state index is 13.1. The number of aromatic nitrogens is 2. The molecule has 1 aromatic carbocycles. The van der Waals surface area contributed by atoms with Gasteiger partial charge in [-0.2, -0.15) is 4.31 Å². The Bertz CT molecular complexity index is 1120. The van der Waals surface area contributed by atoms with E-state index in [1.54, 1.807) is 37.0 Å². The highest BCUT2D eigenvalue weighted by molar-refractivity contribution is 7.89. The molecule has 1 amide bonds. The van der Waals surface area contributed by atoms with E-state index in [9.17, 15) is 13.2 Å². The van der Waals surface area contributed by atoms with Crippen molar-refractivity contribution in [3.63, 3.8) is 0 Å². The lowest BCUT2D eigenvalue weighted by Gasteiger charge is -2.17. The van der Waals surface area contributed by atoms with Crippen molar-refractivity contribution in [2.24, 2.45) is 0 Å². The van der Waals surface area contributed by atoms with Crippen molar-refractivity contribution in [1.82, 2.24) is 19.2 Å². The zero-order valence-electron chi connectivity index (χ0n) is 17.7. The third-order valence-corrected chi connectivity index (χ3v) is 7.23. The quantitative estimate of drug-likeness (QED) is 0.453. The lowest BCUT2D eigenvalue weighted by molar-refractivity contribution is 0.0952. The Kier molecular flexibility index (Phi) is 6.91. The zero-order chi connectivity index (χ0) is 22.4. The Morgan fingerprint density at radius 3 is 2.75 bits per heavy atom. The van der Waals surface area contributed by atoms with Crippen molar-refractivity contribution in [3.05, 3.63) is 66.6 Å². The molecule has 10 heteroatoms. The Morgan fingerprint density at radius 1 is 1.19 bits per heavy atom. The van der Waals surface area contributed by atoms with Crippen LogP contribution in [0.25, 0.3) is 0 Å². The molecule has 0 radical (unpaired) electrons. The van der Waals surface area contributed by atoms with Crippen molar-refractivity contribution < 1.29 is 17.6 Å². The van der Waals surface area contributed by atoms with Crippen LogP contribution in [0.5, 0.6) is 0 Å². The number of amides is 1. The fourth-order valence-electron chi connectivity index (χ4n) is 3.65. The van der Waals surface area contributed by atoms with Gasteiger partial charge < -0.3 is 19.6 Å². The summed E-state index contributed by atoms with van der Waals surface area (Å²) in [4.78, 5) is 16.9. The van der Waals surface area contributed by atoms with E-state index < -0.39 is 10.0 Å². The SMILES string of the molecule is O=C(NCCCn1ccnc1)c1cc(NCc2ccco2)cc(S(=O)(=O)N2CCCC2)c1. The van der Waals surface area contributed by atoms with Gasteiger partial charge in [-0.05, 0) is 49.6 Å². The Labute approximate surface area is 187 Å². The molecule has 0 spiro atoms. The van der Waals surface area contributed by atoms with Gasteiger partial charge in [-0.1, -0.05) is 0 Å². The number of sulfonamides is 1. The molecule has 1 fully saturated rings. The molecule has 0 saturated carbocycles.